The second-order valence-electron chi connectivity index (χ2n) is 8.69. The maximum atomic E-state index is 14.3. The Morgan fingerprint density at radius 3 is 2.32 bits per heavy atom. The molecule has 4 unspecified atom stereocenters. The maximum absolute atomic E-state index is 14.3. The topological polar surface area (TPSA) is 26.3 Å². The smallest absolute Gasteiger partial charge is 0.235 e. The summed E-state index contributed by atoms with van der Waals surface area (Å²) in [7, 11) is -2.82. The summed E-state index contributed by atoms with van der Waals surface area (Å²) in [4.78, 5) is 0. The molecule has 25 heavy (non-hydrogen) atoms. The molecule has 2 saturated carbocycles. The van der Waals surface area contributed by atoms with Crippen LogP contribution in [0.15, 0.2) is 30.3 Å². The summed E-state index contributed by atoms with van der Waals surface area (Å²) < 4.78 is 21.0. The summed E-state index contributed by atoms with van der Waals surface area (Å²) in [5, 5.41) is 0.947. The first kappa shape index (κ1) is 19.2. The first-order valence-electron chi connectivity index (χ1n) is 10.3. The fourth-order valence-electron chi connectivity index (χ4n) is 4.85. The molecule has 2 aliphatic carbocycles. The molecule has 4 atom stereocenters. The molecule has 2 fully saturated rings. The Morgan fingerprint density at radius 2 is 1.68 bits per heavy atom. The lowest BCUT2D eigenvalue weighted by Gasteiger charge is -2.41. The Balaban J connectivity index is 1.90. The van der Waals surface area contributed by atoms with Crippen LogP contribution in [-0.2, 0) is 9.09 Å². The van der Waals surface area contributed by atoms with Gasteiger partial charge in [0.15, 0.2) is 0 Å². The van der Waals surface area contributed by atoms with E-state index in [0.717, 1.165) is 24.6 Å². The van der Waals surface area contributed by atoms with E-state index in [1.807, 2.05) is 30.3 Å². The predicted molar refractivity (Wildman–Crippen MR) is 107 cm³/mol. The normalized spacial score (nSPS) is 31.0. The van der Waals surface area contributed by atoms with Crippen molar-refractivity contribution < 1.29 is 9.09 Å². The molecule has 0 spiro atoms. The highest BCUT2D eigenvalue weighted by atomic mass is 31.2. The van der Waals surface area contributed by atoms with E-state index < -0.39 is 7.37 Å². The summed E-state index contributed by atoms with van der Waals surface area (Å²) >= 11 is 0. The van der Waals surface area contributed by atoms with Gasteiger partial charge in [0.1, 0.15) is 0 Å². The molecule has 1 aromatic carbocycles. The highest BCUT2D eigenvalue weighted by Gasteiger charge is 2.42. The van der Waals surface area contributed by atoms with Gasteiger partial charge in [0.05, 0.1) is 6.10 Å². The van der Waals surface area contributed by atoms with E-state index in [1.165, 1.54) is 32.1 Å². The lowest BCUT2D eigenvalue weighted by atomic mass is 9.75. The monoisotopic (exact) mass is 362 g/mol. The summed E-state index contributed by atoms with van der Waals surface area (Å²) in [5.74, 6) is 1.81. The van der Waals surface area contributed by atoms with Crippen LogP contribution in [0.2, 0.25) is 0 Å². The van der Waals surface area contributed by atoms with E-state index >= 15 is 0 Å². The molecule has 0 bridgehead atoms. The highest BCUT2D eigenvalue weighted by molar-refractivity contribution is 7.67. The molecule has 2 nitrogen and oxygen atoms in total. The van der Waals surface area contributed by atoms with Crippen molar-refractivity contribution in [2.24, 2.45) is 17.8 Å². The van der Waals surface area contributed by atoms with E-state index in [9.17, 15) is 4.57 Å². The molecular weight excluding hydrogens is 327 g/mol. The van der Waals surface area contributed by atoms with E-state index in [4.69, 9.17) is 4.52 Å². The highest BCUT2D eigenvalue weighted by Crippen LogP contribution is 2.58. The van der Waals surface area contributed by atoms with Crippen molar-refractivity contribution in [3.8, 4) is 0 Å². The van der Waals surface area contributed by atoms with Gasteiger partial charge in [-0.15, -0.1) is 0 Å². The Bertz CT molecular complexity index is 577. The maximum Gasteiger partial charge on any atom is 0.235 e. The number of rotatable bonds is 5. The summed E-state index contributed by atoms with van der Waals surface area (Å²) in [6, 6.07) is 10.1. The molecule has 3 rings (SSSR count). The first-order chi connectivity index (χ1) is 12.0. The van der Waals surface area contributed by atoms with Crippen LogP contribution in [-0.4, -0.2) is 11.8 Å². The van der Waals surface area contributed by atoms with Gasteiger partial charge in [0.2, 0.25) is 7.37 Å². The average Bonchev–Trinajstić information content (AvgIpc) is 2.63. The zero-order chi connectivity index (χ0) is 17.9. The van der Waals surface area contributed by atoms with Crippen LogP contribution in [0, 0.1) is 17.8 Å². The van der Waals surface area contributed by atoms with Crippen LogP contribution in [0.3, 0.4) is 0 Å². The Labute approximate surface area is 154 Å². The van der Waals surface area contributed by atoms with Gasteiger partial charge in [-0.3, -0.25) is 4.57 Å². The standard InChI is InChI=1S/C22H35O2P/c1-17(2)21-15-14-18(3)16-22(21)24-25(23,19-10-6-4-7-11-19)20-12-8-5-9-13-20/h4,6-7,10-11,17-18,20-22H,5,8-9,12-16H2,1-3H3. The van der Waals surface area contributed by atoms with Crippen LogP contribution in [0.1, 0.15) is 72.1 Å². The molecule has 0 aliphatic heterocycles. The van der Waals surface area contributed by atoms with Crippen molar-refractivity contribution in [2.75, 3.05) is 0 Å². The largest absolute Gasteiger partial charge is 0.321 e. The lowest BCUT2D eigenvalue weighted by molar-refractivity contribution is 0.0480. The lowest BCUT2D eigenvalue weighted by Crippen LogP contribution is -2.36. The van der Waals surface area contributed by atoms with Crippen LogP contribution >= 0.6 is 7.37 Å². The third-order valence-electron chi connectivity index (χ3n) is 6.42. The molecule has 0 N–H and O–H groups in total. The first-order valence-corrected chi connectivity index (χ1v) is 12.0. The van der Waals surface area contributed by atoms with Crippen LogP contribution in [0.5, 0.6) is 0 Å². The number of hydrogen-bond donors (Lipinski definition) is 0. The van der Waals surface area contributed by atoms with E-state index in [1.54, 1.807) is 0 Å². The van der Waals surface area contributed by atoms with E-state index in [0.29, 0.717) is 17.8 Å². The molecule has 0 heterocycles. The Hall–Kier alpha value is -0.590. The predicted octanol–water partition coefficient (Wildman–Crippen LogP) is 6.40. The molecule has 140 valence electrons. The van der Waals surface area contributed by atoms with Gasteiger partial charge in [-0.2, -0.15) is 0 Å². The minimum absolute atomic E-state index is 0.150. The third kappa shape index (κ3) is 4.40. The fraction of sp³-hybridized carbons (Fsp3) is 0.727. The van der Waals surface area contributed by atoms with Crippen molar-refractivity contribution in [2.45, 2.75) is 83.9 Å². The van der Waals surface area contributed by atoms with Crippen molar-refractivity contribution in [3.63, 3.8) is 0 Å². The Kier molecular flexibility index (Phi) is 6.44. The number of hydrogen-bond acceptors (Lipinski definition) is 2. The van der Waals surface area contributed by atoms with Crippen molar-refractivity contribution in [1.29, 1.82) is 0 Å². The molecule has 0 radical (unpaired) electrons. The van der Waals surface area contributed by atoms with Gasteiger partial charge < -0.3 is 4.52 Å². The van der Waals surface area contributed by atoms with Crippen LogP contribution in [0.4, 0.5) is 0 Å². The van der Waals surface area contributed by atoms with Crippen molar-refractivity contribution >= 4 is 12.7 Å². The third-order valence-corrected chi connectivity index (χ3v) is 9.50. The minimum Gasteiger partial charge on any atom is -0.321 e. The molecule has 1 aromatic rings. The van der Waals surface area contributed by atoms with Crippen molar-refractivity contribution in [3.05, 3.63) is 30.3 Å². The molecule has 3 heteroatoms. The summed E-state index contributed by atoms with van der Waals surface area (Å²) in [5.41, 5.74) is 0.216. The molecule has 0 amide bonds. The molecule has 0 aromatic heterocycles. The van der Waals surface area contributed by atoms with Gasteiger partial charge in [-0.1, -0.05) is 64.7 Å². The van der Waals surface area contributed by atoms with E-state index in [-0.39, 0.29) is 11.8 Å². The average molecular weight is 362 g/mol. The van der Waals surface area contributed by atoms with Gasteiger partial charge in [-0.05, 0) is 55.6 Å². The molecular formula is C22H35O2P. The zero-order valence-electron chi connectivity index (χ0n) is 16.2. The fourth-order valence-corrected chi connectivity index (χ4v) is 7.84. The van der Waals surface area contributed by atoms with Gasteiger partial charge in [0, 0.05) is 11.0 Å². The summed E-state index contributed by atoms with van der Waals surface area (Å²) in [6.45, 7) is 6.91. The quantitative estimate of drug-likeness (QED) is 0.567. The minimum atomic E-state index is -2.82. The molecule has 0 saturated heterocycles. The summed E-state index contributed by atoms with van der Waals surface area (Å²) in [6.07, 6.45) is 9.48. The molecule has 2 aliphatic rings. The zero-order valence-corrected chi connectivity index (χ0v) is 17.1. The second-order valence-corrected chi connectivity index (χ2v) is 11.3. The SMILES string of the molecule is CC1CCC(C(C)C)C(OP(=O)(c2ccccc2)C2CCCCC2)C1. The van der Waals surface area contributed by atoms with Gasteiger partial charge in [0.25, 0.3) is 0 Å². The van der Waals surface area contributed by atoms with Crippen LogP contribution < -0.4 is 5.30 Å². The van der Waals surface area contributed by atoms with Crippen molar-refractivity contribution in [1.82, 2.24) is 0 Å². The van der Waals surface area contributed by atoms with Gasteiger partial charge >= 0.3 is 0 Å². The van der Waals surface area contributed by atoms with E-state index in [2.05, 4.69) is 20.8 Å². The van der Waals surface area contributed by atoms with Gasteiger partial charge in [-0.25, -0.2) is 0 Å². The Morgan fingerprint density at radius 1 is 1.00 bits per heavy atom. The van der Waals surface area contributed by atoms with Crippen LogP contribution in [0.25, 0.3) is 0 Å². The number of benzene rings is 1. The second kappa shape index (κ2) is 8.40.